The molecule has 36 heavy (non-hydrogen) atoms. The number of carbonyl (C=O) groups excluding carboxylic acids is 2. The second-order valence-corrected chi connectivity index (χ2v) is 9.12. The molecule has 0 aliphatic carbocycles. The molecule has 0 radical (unpaired) electrons. The molecule has 0 saturated carbocycles. The number of hydrogen-bond donors (Lipinski definition) is 1. The van der Waals surface area contributed by atoms with Crippen molar-refractivity contribution in [3.8, 4) is 22.6 Å². The number of phenols is 1. The lowest BCUT2D eigenvalue weighted by atomic mass is 9.97. The Hall–Kier alpha value is -3.37. The molecule has 2 aromatic carbocycles. The zero-order valence-corrected chi connectivity index (χ0v) is 20.1. The average molecular weight is 520 g/mol. The Balaban J connectivity index is 1.70. The molecule has 11 heteroatoms. The molecule has 2 aromatic rings. The van der Waals surface area contributed by atoms with Gasteiger partial charge < -0.3 is 29.3 Å². The van der Waals surface area contributed by atoms with E-state index in [0.717, 1.165) is 6.07 Å². The molecular weight excluding hydrogens is 496 g/mol. The monoisotopic (exact) mass is 519 g/mol. The summed E-state index contributed by atoms with van der Waals surface area (Å²) in [4.78, 5) is 30.8. The third-order valence-electron chi connectivity index (χ3n) is 6.74. The first kappa shape index (κ1) is 24.3. The summed E-state index contributed by atoms with van der Waals surface area (Å²) >= 11 is 6.62. The lowest BCUT2D eigenvalue weighted by molar-refractivity contribution is -0.128. The number of phenolic OH excluding ortho intramolecular Hbond substituents is 1. The SMILES string of the molecule is C=CC(=O)N1CCN2C(=O)c3c(c(Cl)c(-c4c(O)cccc4F)c(F)c3N3CCOCC3)OC[C@H]2C1. The summed E-state index contributed by atoms with van der Waals surface area (Å²) in [5, 5.41) is 10.1. The average Bonchev–Trinajstić information content (AvgIpc) is 3.02. The van der Waals surface area contributed by atoms with Crippen LogP contribution in [0.1, 0.15) is 10.4 Å². The fourth-order valence-electron chi connectivity index (χ4n) is 4.97. The Morgan fingerprint density at radius 3 is 2.58 bits per heavy atom. The highest BCUT2D eigenvalue weighted by Crippen LogP contribution is 2.50. The van der Waals surface area contributed by atoms with E-state index in [2.05, 4.69) is 6.58 Å². The van der Waals surface area contributed by atoms with Gasteiger partial charge in [-0.1, -0.05) is 24.2 Å². The Morgan fingerprint density at radius 1 is 1.14 bits per heavy atom. The van der Waals surface area contributed by atoms with Crippen LogP contribution >= 0.6 is 11.6 Å². The van der Waals surface area contributed by atoms with Crippen LogP contribution < -0.4 is 9.64 Å². The summed E-state index contributed by atoms with van der Waals surface area (Å²) in [5.41, 5.74) is -0.947. The largest absolute Gasteiger partial charge is 0.507 e. The lowest BCUT2D eigenvalue weighted by Gasteiger charge is -2.40. The normalized spacial score (nSPS) is 19.8. The maximum absolute atomic E-state index is 16.4. The molecule has 0 unspecified atom stereocenters. The standard InChI is InChI=1S/C25H24ClF2N3O5/c1-2-17(33)30-6-7-31-14(12-30)13-36-24-20(25(31)34)23(29-8-10-35-11-9-29)22(28)19(21(24)26)18-15(27)4-3-5-16(18)32/h2-5,14,32H,1,6-13H2/t14-/m1/s1. The van der Waals surface area contributed by atoms with Gasteiger partial charge >= 0.3 is 0 Å². The lowest BCUT2D eigenvalue weighted by Crippen LogP contribution is -2.57. The Labute approximate surface area is 211 Å². The maximum Gasteiger partial charge on any atom is 0.260 e. The minimum atomic E-state index is -0.933. The number of carbonyl (C=O) groups is 2. The predicted octanol–water partition coefficient (Wildman–Crippen LogP) is 3.06. The van der Waals surface area contributed by atoms with Crippen LogP contribution in [0, 0.1) is 11.6 Å². The minimum Gasteiger partial charge on any atom is -0.507 e. The fourth-order valence-corrected chi connectivity index (χ4v) is 5.30. The number of ether oxygens (including phenoxy) is 2. The van der Waals surface area contributed by atoms with Crippen molar-refractivity contribution in [1.82, 2.24) is 9.80 Å². The molecule has 1 atom stereocenters. The van der Waals surface area contributed by atoms with Crippen molar-refractivity contribution in [3.05, 3.63) is 53.1 Å². The van der Waals surface area contributed by atoms with Crippen molar-refractivity contribution in [2.75, 3.05) is 57.4 Å². The number of piperazine rings is 1. The van der Waals surface area contributed by atoms with Gasteiger partial charge in [0, 0.05) is 38.3 Å². The van der Waals surface area contributed by atoms with Crippen LogP contribution in [-0.4, -0.2) is 85.3 Å². The van der Waals surface area contributed by atoms with E-state index in [-0.39, 0.29) is 72.8 Å². The Kier molecular flexibility index (Phi) is 6.48. The summed E-state index contributed by atoms with van der Waals surface area (Å²) in [5.74, 6) is -3.15. The van der Waals surface area contributed by atoms with Gasteiger partial charge in [0.15, 0.2) is 11.6 Å². The third-order valence-corrected chi connectivity index (χ3v) is 7.10. The van der Waals surface area contributed by atoms with Crippen molar-refractivity contribution < 1.29 is 33.0 Å². The van der Waals surface area contributed by atoms with Crippen LogP contribution in [0.4, 0.5) is 14.5 Å². The molecule has 2 amide bonds. The molecule has 2 fully saturated rings. The number of halogens is 3. The first-order valence-corrected chi connectivity index (χ1v) is 11.9. The van der Waals surface area contributed by atoms with Gasteiger partial charge in [-0.3, -0.25) is 9.59 Å². The summed E-state index contributed by atoms with van der Waals surface area (Å²) in [6.07, 6.45) is 1.21. The number of aromatic hydroxyl groups is 1. The highest BCUT2D eigenvalue weighted by Gasteiger charge is 2.42. The van der Waals surface area contributed by atoms with E-state index in [0.29, 0.717) is 13.2 Å². The molecule has 2 saturated heterocycles. The quantitative estimate of drug-likeness (QED) is 0.628. The van der Waals surface area contributed by atoms with Gasteiger partial charge in [0.25, 0.3) is 5.91 Å². The van der Waals surface area contributed by atoms with Gasteiger partial charge in [-0.15, -0.1) is 0 Å². The van der Waals surface area contributed by atoms with Gasteiger partial charge in [-0.25, -0.2) is 8.78 Å². The van der Waals surface area contributed by atoms with Crippen molar-refractivity contribution >= 4 is 29.1 Å². The summed E-state index contributed by atoms with van der Waals surface area (Å²) in [7, 11) is 0. The first-order chi connectivity index (χ1) is 17.3. The summed E-state index contributed by atoms with van der Waals surface area (Å²) in [6.45, 7) is 5.37. The van der Waals surface area contributed by atoms with E-state index in [1.165, 1.54) is 18.2 Å². The van der Waals surface area contributed by atoms with Crippen LogP contribution in [0.15, 0.2) is 30.9 Å². The molecule has 0 bridgehead atoms. The minimum absolute atomic E-state index is 0.0176. The number of nitrogens with zero attached hydrogens (tertiary/aromatic N) is 3. The van der Waals surface area contributed by atoms with Gasteiger partial charge in [0.05, 0.1) is 35.5 Å². The Morgan fingerprint density at radius 2 is 1.89 bits per heavy atom. The van der Waals surface area contributed by atoms with Gasteiger partial charge in [0.2, 0.25) is 5.91 Å². The predicted molar refractivity (Wildman–Crippen MR) is 129 cm³/mol. The van der Waals surface area contributed by atoms with Gasteiger partial charge in [0.1, 0.15) is 23.7 Å². The van der Waals surface area contributed by atoms with Crippen molar-refractivity contribution in [1.29, 1.82) is 0 Å². The van der Waals surface area contributed by atoms with Crippen LogP contribution in [0.5, 0.6) is 11.5 Å². The number of benzene rings is 2. The summed E-state index contributed by atoms with van der Waals surface area (Å²) < 4.78 is 42.7. The molecule has 3 aliphatic rings. The number of morpholine rings is 1. The van der Waals surface area contributed by atoms with E-state index in [4.69, 9.17) is 21.1 Å². The molecular formula is C25H24ClF2N3O5. The second-order valence-electron chi connectivity index (χ2n) is 8.74. The van der Waals surface area contributed by atoms with Crippen LogP contribution in [0.3, 0.4) is 0 Å². The molecule has 8 nitrogen and oxygen atoms in total. The highest BCUT2D eigenvalue weighted by atomic mass is 35.5. The second kappa shape index (κ2) is 9.59. The van der Waals surface area contributed by atoms with E-state index < -0.39 is 34.9 Å². The number of rotatable bonds is 3. The zero-order chi connectivity index (χ0) is 25.6. The first-order valence-electron chi connectivity index (χ1n) is 11.5. The topological polar surface area (TPSA) is 82.6 Å². The van der Waals surface area contributed by atoms with Crippen molar-refractivity contribution in [2.45, 2.75) is 6.04 Å². The maximum atomic E-state index is 16.4. The molecule has 0 spiro atoms. The van der Waals surface area contributed by atoms with E-state index >= 15 is 4.39 Å². The van der Waals surface area contributed by atoms with Gasteiger partial charge in [-0.2, -0.15) is 0 Å². The molecule has 190 valence electrons. The Bertz CT molecular complexity index is 1230. The smallest absolute Gasteiger partial charge is 0.260 e. The highest BCUT2D eigenvalue weighted by molar-refractivity contribution is 6.36. The molecule has 3 aliphatic heterocycles. The number of amides is 2. The van der Waals surface area contributed by atoms with Crippen molar-refractivity contribution in [2.24, 2.45) is 0 Å². The molecule has 1 N–H and O–H groups in total. The number of hydrogen-bond acceptors (Lipinski definition) is 6. The van der Waals surface area contributed by atoms with E-state index in [1.54, 1.807) is 14.7 Å². The third kappa shape index (κ3) is 3.94. The van der Waals surface area contributed by atoms with Gasteiger partial charge in [-0.05, 0) is 18.2 Å². The van der Waals surface area contributed by atoms with E-state index in [1.807, 2.05) is 0 Å². The molecule has 5 rings (SSSR count). The van der Waals surface area contributed by atoms with Crippen molar-refractivity contribution in [3.63, 3.8) is 0 Å². The summed E-state index contributed by atoms with van der Waals surface area (Å²) in [6, 6.07) is 3.10. The van der Waals surface area contributed by atoms with Crippen LogP contribution in [0.25, 0.3) is 11.1 Å². The van der Waals surface area contributed by atoms with Crippen LogP contribution in [0.2, 0.25) is 5.02 Å². The number of fused-ring (bicyclic) bond motifs is 2. The van der Waals surface area contributed by atoms with Crippen LogP contribution in [-0.2, 0) is 9.53 Å². The fraction of sp³-hybridized carbons (Fsp3) is 0.360. The number of anilines is 1. The molecule has 3 heterocycles. The molecule has 0 aromatic heterocycles. The van der Waals surface area contributed by atoms with E-state index in [9.17, 15) is 19.1 Å². The zero-order valence-electron chi connectivity index (χ0n) is 19.3.